The molecule has 0 radical (unpaired) electrons. The smallest absolute Gasteiger partial charge is 0.118 e. The van der Waals surface area contributed by atoms with E-state index in [0.717, 1.165) is 5.75 Å². The average molecular weight is 290 g/mol. The first kappa shape index (κ1) is 13.6. The number of rotatable bonds is 3. The first-order valence-electron chi connectivity index (χ1n) is 8.23. The maximum atomic E-state index is 5.34. The molecule has 0 heterocycles. The molecule has 22 heavy (non-hydrogen) atoms. The van der Waals surface area contributed by atoms with Crippen molar-refractivity contribution in [3.63, 3.8) is 0 Å². The van der Waals surface area contributed by atoms with E-state index in [9.17, 15) is 0 Å². The summed E-state index contributed by atoms with van der Waals surface area (Å²) in [7, 11) is 1.73. The normalized spacial score (nSPS) is 26.6. The lowest BCUT2D eigenvalue weighted by Gasteiger charge is -2.47. The van der Waals surface area contributed by atoms with Crippen LogP contribution in [0.3, 0.4) is 0 Å². The first-order valence-corrected chi connectivity index (χ1v) is 8.23. The Bertz CT molecular complexity index is 674. The third kappa shape index (κ3) is 1.99. The Labute approximate surface area is 132 Å². The van der Waals surface area contributed by atoms with Gasteiger partial charge in [0.1, 0.15) is 5.75 Å². The molecule has 0 aromatic heterocycles. The van der Waals surface area contributed by atoms with E-state index in [1.807, 2.05) is 0 Å². The molecule has 2 aromatic carbocycles. The standard InChI is InChI=1S/C21H22O/c1-22-20-13-11-19(12-14-20)21(17-5-3-2-4-6-17)15-16-7-9-18(21)10-8-16/h2-6,11-15,18H,7-10H2,1H3. The molecule has 5 rings (SSSR count). The zero-order valence-corrected chi connectivity index (χ0v) is 13.1. The van der Waals surface area contributed by atoms with Crippen LogP contribution in [0.4, 0.5) is 0 Å². The zero-order chi connectivity index (χ0) is 15.0. The van der Waals surface area contributed by atoms with E-state index in [0.29, 0.717) is 5.92 Å². The average Bonchev–Trinajstić information content (AvgIpc) is 2.63. The van der Waals surface area contributed by atoms with Gasteiger partial charge in [0.15, 0.2) is 0 Å². The maximum absolute atomic E-state index is 5.34. The quantitative estimate of drug-likeness (QED) is 0.714. The van der Waals surface area contributed by atoms with Crippen molar-refractivity contribution in [2.45, 2.75) is 31.1 Å². The Hall–Kier alpha value is -2.02. The van der Waals surface area contributed by atoms with Gasteiger partial charge in [-0.15, -0.1) is 0 Å². The molecule has 0 N–H and O–H groups in total. The van der Waals surface area contributed by atoms with Gasteiger partial charge < -0.3 is 4.74 Å². The second kappa shape index (κ2) is 5.31. The fraction of sp³-hybridized carbons (Fsp3) is 0.333. The molecule has 3 aliphatic rings. The molecular weight excluding hydrogens is 268 g/mol. The van der Waals surface area contributed by atoms with Crippen LogP contribution in [0, 0.1) is 5.92 Å². The highest BCUT2D eigenvalue weighted by atomic mass is 16.5. The van der Waals surface area contributed by atoms with Gasteiger partial charge in [-0.1, -0.05) is 54.1 Å². The molecule has 1 saturated carbocycles. The van der Waals surface area contributed by atoms with Crippen LogP contribution in [0.2, 0.25) is 0 Å². The monoisotopic (exact) mass is 290 g/mol. The van der Waals surface area contributed by atoms with E-state index < -0.39 is 0 Å². The molecule has 0 amide bonds. The van der Waals surface area contributed by atoms with Crippen LogP contribution < -0.4 is 4.74 Å². The minimum Gasteiger partial charge on any atom is -0.497 e. The van der Waals surface area contributed by atoms with Crippen molar-refractivity contribution in [2.24, 2.45) is 5.92 Å². The van der Waals surface area contributed by atoms with Crippen LogP contribution in [-0.2, 0) is 5.41 Å². The van der Waals surface area contributed by atoms with Gasteiger partial charge in [0, 0.05) is 5.41 Å². The van der Waals surface area contributed by atoms with E-state index in [1.54, 1.807) is 12.7 Å². The second-order valence-electron chi connectivity index (χ2n) is 6.54. The lowest BCUT2D eigenvalue weighted by molar-refractivity contribution is 0.278. The largest absolute Gasteiger partial charge is 0.497 e. The van der Waals surface area contributed by atoms with Crippen LogP contribution in [0.1, 0.15) is 36.8 Å². The predicted octanol–water partition coefficient (Wildman–Crippen LogP) is 5.11. The lowest BCUT2D eigenvalue weighted by Crippen LogP contribution is -2.40. The Morgan fingerprint density at radius 3 is 2.05 bits per heavy atom. The van der Waals surface area contributed by atoms with Gasteiger partial charge in [0.2, 0.25) is 0 Å². The highest BCUT2D eigenvalue weighted by Crippen LogP contribution is 2.53. The summed E-state index contributed by atoms with van der Waals surface area (Å²) in [6.45, 7) is 0. The Morgan fingerprint density at radius 1 is 0.864 bits per heavy atom. The highest BCUT2D eigenvalue weighted by Gasteiger charge is 2.44. The molecule has 112 valence electrons. The summed E-state index contributed by atoms with van der Waals surface area (Å²) in [5.74, 6) is 1.64. The van der Waals surface area contributed by atoms with Crippen molar-refractivity contribution >= 4 is 0 Å². The van der Waals surface area contributed by atoms with Crippen molar-refractivity contribution in [3.8, 4) is 5.75 Å². The number of hydrogen-bond acceptors (Lipinski definition) is 1. The zero-order valence-electron chi connectivity index (χ0n) is 13.1. The van der Waals surface area contributed by atoms with Gasteiger partial charge in [-0.25, -0.2) is 0 Å². The van der Waals surface area contributed by atoms with Crippen molar-refractivity contribution < 1.29 is 4.74 Å². The van der Waals surface area contributed by atoms with Crippen molar-refractivity contribution in [1.29, 1.82) is 0 Å². The number of benzene rings is 2. The first-order chi connectivity index (χ1) is 10.8. The molecule has 3 aliphatic carbocycles. The van der Waals surface area contributed by atoms with E-state index in [2.05, 4.69) is 60.7 Å². The summed E-state index contributed by atoms with van der Waals surface area (Å²) in [6, 6.07) is 19.7. The van der Waals surface area contributed by atoms with E-state index >= 15 is 0 Å². The summed E-state index contributed by atoms with van der Waals surface area (Å²) in [5.41, 5.74) is 4.53. The fourth-order valence-electron chi connectivity index (χ4n) is 4.41. The molecule has 0 spiro atoms. The Morgan fingerprint density at radius 2 is 1.50 bits per heavy atom. The molecule has 2 aromatic rings. The Balaban J connectivity index is 1.91. The summed E-state index contributed by atoms with van der Waals surface area (Å²) < 4.78 is 5.34. The van der Waals surface area contributed by atoms with Crippen molar-refractivity contribution in [3.05, 3.63) is 77.4 Å². The van der Waals surface area contributed by atoms with Gasteiger partial charge in [0.25, 0.3) is 0 Å². The minimum atomic E-state index is 0.0549. The van der Waals surface area contributed by atoms with E-state index in [-0.39, 0.29) is 5.41 Å². The van der Waals surface area contributed by atoms with Crippen LogP contribution in [0.25, 0.3) is 0 Å². The van der Waals surface area contributed by atoms with E-state index in [4.69, 9.17) is 4.74 Å². The molecule has 1 heteroatoms. The molecule has 2 bridgehead atoms. The predicted molar refractivity (Wildman–Crippen MR) is 90.3 cm³/mol. The topological polar surface area (TPSA) is 9.23 Å². The SMILES string of the molecule is COc1ccc(C2(c3ccccc3)C=C3CCC2CC3)cc1. The van der Waals surface area contributed by atoms with Crippen molar-refractivity contribution in [2.75, 3.05) is 7.11 Å². The summed E-state index contributed by atoms with van der Waals surface area (Å²) in [5, 5.41) is 0. The molecule has 0 saturated heterocycles. The third-order valence-corrected chi connectivity index (χ3v) is 5.52. The third-order valence-electron chi connectivity index (χ3n) is 5.52. The summed E-state index contributed by atoms with van der Waals surface area (Å²) in [6.07, 6.45) is 7.77. The van der Waals surface area contributed by atoms with Gasteiger partial charge >= 0.3 is 0 Å². The summed E-state index contributed by atoms with van der Waals surface area (Å²) >= 11 is 0. The minimum absolute atomic E-state index is 0.0549. The van der Waals surface area contributed by atoms with Crippen LogP contribution in [-0.4, -0.2) is 7.11 Å². The number of ether oxygens (including phenoxy) is 1. The van der Waals surface area contributed by atoms with Gasteiger partial charge in [0.05, 0.1) is 7.11 Å². The Kier molecular flexibility index (Phi) is 3.29. The summed E-state index contributed by atoms with van der Waals surface area (Å²) in [4.78, 5) is 0. The van der Waals surface area contributed by atoms with Crippen LogP contribution in [0.15, 0.2) is 66.2 Å². The maximum Gasteiger partial charge on any atom is 0.118 e. The molecule has 1 fully saturated rings. The molecule has 1 unspecified atom stereocenters. The van der Waals surface area contributed by atoms with Crippen LogP contribution >= 0.6 is 0 Å². The van der Waals surface area contributed by atoms with Crippen molar-refractivity contribution in [1.82, 2.24) is 0 Å². The van der Waals surface area contributed by atoms with Gasteiger partial charge in [-0.05, 0) is 54.9 Å². The molecular formula is C21H22O. The van der Waals surface area contributed by atoms with Gasteiger partial charge in [-0.2, -0.15) is 0 Å². The van der Waals surface area contributed by atoms with Crippen LogP contribution in [0.5, 0.6) is 5.75 Å². The molecule has 0 aliphatic heterocycles. The fourth-order valence-corrected chi connectivity index (χ4v) is 4.41. The molecule has 1 atom stereocenters. The number of allylic oxidation sites excluding steroid dienone is 2. The highest BCUT2D eigenvalue weighted by molar-refractivity contribution is 5.50. The number of hydrogen-bond donors (Lipinski definition) is 0. The van der Waals surface area contributed by atoms with E-state index in [1.165, 1.54) is 36.8 Å². The number of methoxy groups -OCH3 is 1. The lowest BCUT2D eigenvalue weighted by atomic mass is 9.56. The second-order valence-corrected chi connectivity index (χ2v) is 6.54. The van der Waals surface area contributed by atoms with Gasteiger partial charge in [-0.3, -0.25) is 0 Å². The number of fused-ring (bicyclic) bond motifs is 3. The molecule has 1 nitrogen and oxygen atoms in total.